The molecule has 12 heteroatoms. The number of nitrogens with zero attached hydrogens (tertiary/aromatic N) is 2. The lowest BCUT2D eigenvalue weighted by molar-refractivity contribution is -0.141. The van der Waals surface area contributed by atoms with E-state index in [1.165, 1.54) is 12.0 Å². The summed E-state index contributed by atoms with van der Waals surface area (Å²) in [5.41, 5.74) is 1.91. The van der Waals surface area contributed by atoms with Crippen LogP contribution in [0.1, 0.15) is 29.9 Å². The van der Waals surface area contributed by atoms with Crippen LogP contribution in [0.4, 0.5) is 0 Å². The van der Waals surface area contributed by atoms with Gasteiger partial charge in [0.15, 0.2) is 21.2 Å². The van der Waals surface area contributed by atoms with Crippen LogP contribution in [0.15, 0.2) is 54.1 Å². The highest BCUT2D eigenvalue weighted by atomic mass is 127. The number of carbonyl (C=O) groups is 4. The van der Waals surface area contributed by atoms with Crippen molar-refractivity contribution in [1.29, 1.82) is 0 Å². The Kier molecular flexibility index (Phi) is 7.23. The minimum absolute atomic E-state index is 0.0771. The van der Waals surface area contributed by atoms with E-state index in [0.717, 1.165) is 10.5 Å². The Hall–Kier alpha value is -2.15. The molecular formula is C29H24BrCl2IN2O6. The van der Waals surface area contributed by atoms with Crippen molar-refractivity contribution in [1.82, 2.24) is 9.80 Å². The van der Waals surface area contributed by atoms with Crippen LogP contribution in [0, 0.1) is 21.3 Å². The molecule has 0 spiro atoms. The summed E-state index contributed by atoms with van der Waals surface area (Å²) in [4.78, 5) is 53.7. The van der Waals surface area contributed by atoms with Gasteiger partial charge in [0, 0.05) is 5.92 Å². The number of ether oxygens (including phenoxy) is 1. The molecule has 41 heavy (non-hydrogen) atoms. The molecule has 4 aliphatic rings. The van der Waals surface area contributed by atoms with E-state index in [0.29, 0.717) is 14.7 Å². The molecule has 1 saturated carbocycles. The number of hydrogen-bond donors (Lipinski definition) is 1. The van der Waals surface area contributed by atoms with Gasteiger partial charge in [-0.2, -0.15) is 0 Å². The number of amides is 4. The molecule has 0 aromatic heterocycles. The third-order valence-corrected chi connectivity index (χ3v) is 11.6. The van der Waals surface area contributed by atoms with Gasteiger partial charge in [0.2, 0.25) is 11.8 Å². The number of aromatic hydroxyl groups is 1. The maximum Gasteiger partial charge on any atom is 0.254 e. The maximum atomic E-state index is 14.0. The van der Waals surface area contributed by atoms with E-state index < -0.39 is 45.2 Å². The summed E-state index contributed by atoms with van der Waals surface area (Å²) in [5.74, 6) is -4.73. The molecule has 8 nitrogen and oxygen atoms in total. The Bertz CT molecular complexity index is 1540. The van der Waals surface area contributed by atoms with Crippen LogP contribution in [-0.4, -0.2) is 60.8 Å². The van der Waals surface area contributed by atoms with Gasteiger partial charge in [0.25, 0.3) is 11.8 Å². The van der Waals surface area contributed by atoms with Crippen molar-refractivity contribution in [2.45, 2.75) is 35.1 Å². The molecule has 214 valence electrons. The lowest BCUT2D eigenvalue weighted by atomic mass is 9.56. The van der Waals surface area contributed by atoms with E-state index >= 15 is 0 Å². The average molecular weight is 774 g/mol. The summed E-state index contributed by atoms with van der Waals surface area (Å²) < 4.78 is 5.85. The summed E-state index contributed by atoms with van der Waals surface area (Å²) in [6.45, 7) is 0.143. The van der Waals surface area contributed by atoms with E-state index in [4.69, 9.17) is 27.9 Å². The van der Waals surface area contributed by atoms with Gasteiger partial charge >= 0.3 is 0 Å². The Balaban J connectivity index is 1.51. The quantitative estimate of drug-likeness (QED) is 0.152. The smallest absolute Gasteiger partial charge is 0.254 e. The summed E-state index contributed by atoms with van der Waals surface area (Å²) in [6.07, 6.45) is 2.08. The van der Waals surface area contributed by atoms with Crippen molar-refractivity contribution in [2.24, 2.45) is 17.8 Å². The SMILES string of the molecule is COc1cc(C2C3=CCC4C(=O)N(Cc5ccccc5)C(=O)C4C3CC3(Cl)C(=O)N(CBr)C(=O)C23Cl)cc(I)c1O. The third-order valence-electron chi connectivity index (χ3n) is 8.89. The van der Waals surface area contributed by atoms with E-state index in [1.54, 1.807) is 12.1 Å². The van der Waals surface area contributed by atoms with Crippen molar-refractivity contribution in [2.75, 3.05) is 12.6 Å². The molecule has 2 aromatic rings. The second-order valence-corrected chi connectivity index (χ2v) is 13.7. The fourth-order valence-corrected chi connectivity index (χ4v) is 9.08. The second-order valence-electron chi connectivity index (χ2n) is 10.8. The average Bonchev–Trinajstić information content (AvgIpc) is 3.28. The van der Waals surface area contributed by atoms with Crippen LogP contribution in [0.25, 0.3) is 0 Å². The van der Waals surface area contributed by atoms with Crippen LogP contribution in [0.3, 0.4) is 0 Å². The molecule has 2 aromatic carbocycles. The molecule has 4 amide bonds. The number of imide groups is 2. The minimum Gasteiger partial charge on any atom is -0.504 e. The van der Waals surface area contributed by atoms with Gasteiger partial charge in [-0.1, -0.05) is 57.9 Å². The zero-order valence-electron chi connectivity index (χ0n) is 21.7. The lowest BCUT2D eigenvalue weighted by Gasteiger charge is -2.50. The summed E-state index contributed by atoms with van der Waals surface area (Å²) >= 11 is 19.7. The van der Waals surface area contributed by atoms with Crippen LogP contribution in [-0.2, 0) is 25.7 Å². The summed E-state index contributed by atoms with van der Waals surface area (Å²) in [7, 11) is 1.41. The Labute approximate surface area is 268 Å². The van der Waals surface area contributed by atoms with E-state index in [2.05, 4.69) is 15.9 Å². The fraction of sp³-hybridized carbons (Fsp3) is 0.379. The molecule has 6 unspecified atom stereocenters. The van der Waals surface area contributed by atoms with Crippen LogP contribution >= 0.6 is 61.7 Å². The minimum atomic E-state index is -1.92. The Morgan fingerprint density at radius 1 is 1.05 bits per heavy atom. The number of halogens is 4. The van der Waals surface area contributed by atoms with Crippen molar-refractivity contribution in [3.05, 3.63) is 68.8 Å². The highest BCUT2D eigenvalue weighted by Crippen LogP contribution is 2.65. The number of phenols is 1. The number of likely N-dealkylation sites (tertiary alicyclic amines) is 2. The van der Waals surface area contributed by atoms with Gasteiger partial charge in [-0.15, -0.1) is 23.2 Å². The predicted molar refractivity (Wildman–Crippen MR) is 163 cm³/mol. The topological polar surface area (TPSA) is 104 Å². The fourth-order valence-electron chi connectivity index (χ4n) is 7.03. The molecule has 3 fully saturated rings. The normalized spacial score (nSPS) is 32.6. The number of benzene rings is 2. The third kappa shape index (κ3) is 3.96. The lowest BCUT2D eigenvalue weighted by Crippen LogP contribution is -2.60. The number of allylic oxidation sites excluding steroid dienone is 2. The van der Waals surface area contributed by atoms with Crippen LogP contribution in [0.2, 0.25) is 0 Å². The molecule has 0 bridgehead atoms. The number of methoxy groups -OCH3 is 1. The molecule has 2 saturated heterocycles. The van der Waals surface area contributed by atoms with Gasteiger partial charge in [-0.05, 0) is 64.6 Å². The van der Waals surface area contributed by atoms with Gasteiger partial charge < -0.3 is 9.84 Å². The molecule has 0 radical (unpaired) electrons. The number of carbonyl (C=O) groups excluding carboxylic acids is 4. The zero-order chi connectivity index (χ0) is 29.4. The highest BCUT2D eigenvalue weighted by Gasteiger charge is 2.76. The number of phenolic OH excluding ortho intramolecular Hbond substituents is 1. The zero-order valence-corrected chi connectivity index (χ0v) is 26.9. The van der Waals surface area contributed by atoms with Gasteiger partial charge in [0.1, 0.15) is 0 Å². The van der Waals surface area contributed by atoms with Crippen molar-refractivity contribution < 1.29 is 29.0 Å². The number of alkyl halides is 3. The van der Waals surface area contributed by atoms with Gasteiger partial charge in [-0.25, -0.2) is 0 Å². The van der Waals surface area contributed by atoms with Crippen molar-refractivity contribution in [3.63, 3.8) is 0 Å². The maximum absolute atomic E-state index is 14.0. The molecule has 2 aliphatic carbocycles. The van der Waals surface area contributed by atoms with Crippen LogP contribution < -0.4 is 4.74 Å². The predicted octanol–water partition coefficient (Wildman–Crippen LogP) is 4.92. The first kappa shape index (κ1) is 28.9. The first-order valence-electron chi connectivity index (χ1n) is 12.9. The first-order chi connectivity index (χ1) is 19.5. The monoisotopic (exact) mass is 772 g/mol. The van der Waals surface area contributed by atoms with Crippen LogP contribution in [0.5, 0.6) is 11.5 Å². The number of hydrogen-bond acceptors (Lipinski definition) is 6. The number of rotatable bonds is 5. The number of fused-ring (bicyclic) bond motifs is 4. The van der Waals surface area contributed by atoms with Crippen molar-refractivity contribution in [3.8, 4) is 11.5 Å². The van der Waals surface area contributed by atoms with Gasteiger partial charge in [-0.3, -0.25) is 29.0 Å². The summed E-state index contributed by atoms with van der Waals surface area (Å²) in [6, 6.07) is 12.5. The summed E-state index contributed by atoms with van der Waals surface area (Å²) in [5, 5.41) is 10.5. The van der Waals surface area contributed by atoms with Crippen molar-refractivity contribution >= 4 is 85.4 Å². The molecule has 1 N–H and O–H groups in total. The molecule has 6 atom stereocenters. The highest BCUT2D eigenvalue weighted by molar-refractivity contribution is 14.1. The van der Waals surface area contributed by atoms with E-state index in [1.807, 2.05) is 59.0 Å². The van der Waals surface area contributed by atoms with E-state index in [9.17, 15) is 24.3 Å². The van der Waals surface area contributed by atoms with Gasteiger partial charge in [0.05, 0.1) is 34.5 Å². The molecule has 2 aliphatic heterocycles. The first-order valence-corrected chi connectivity index (χ1v) is 15.9. The standard InChI is InChI=1S/C29H24BrCl2IN2O6/c1-41-20-10-15(9-19(33)23(20)36)22-16-7-8-17-21(25(38)34(24(17)37)12-14-5-3-2-4-6-14)18(16)11-28(31)26(39)35(13-30)27(40)29(22,28)32/h2-7,9-10,17-18,21-22,36H,8,11-13H2,1H3. The second kappa shape index (κ2) is 10.2. The van der Waals surface area contributed by atoms with E-state index in [-0.39, 0.29) is 48.2 Å². The largest absolute Gasteiger partial charge is 0.504 e. The molecule has 2 heterocycles. The molecule has 6 rings (SSSR count). The Morgan fingerprint density at radius 3 is 2.41 bits per heavy atom. The molecular weight excluding hydrogens is 750 g/mol. The Morgan fingerprint density at radius 2 is 1.76 bits per heavy atom.